The van der Waals surface area contributed by atoms with E-state index in [2.05, 4.69) is 31.0 Å². The predicted octanol–water partition coefficient (Wildman–Crippen LogP) is 3.95. The lowest BCUT2D eigenvalue weighted by molar-refractivity contribution is 0.596. The van der Waals surface area contributed by atoms with Crippen LogP contribution in [0.1, 0.15) is 45.6 Å². The Bertz CT molecular complexity index is 427. The van der Waals surface area contributed by atoms with Gasteiger partial charge in [0.15, 0.2) is 0 Å². The summed E-state index contributed by atoms with van der Waals surface area (Å²) in [5.74, 6) is 0.486. The number of halogens is 1. The molecule has 1 aliphatic rings. The fraction of sp³-hybridized carbons (Fsp3) is 0.647. The third kappa shape index (κ3) is 4.20. The van der Waals surface area contributed by atoms with Crippen LogP contribution in [0, 0.1) is 11.7 Å². The molecule has 0 amide bonds. The van der Waals surface area contributed by atoms with Gasteiger partial charge in [0, 0.05) is 24.8 Å². The summed E-state index contributed by atoms with van der Waals surface area (Å²) in [5.41, 5.74) is 2.30. The molecule has 20 heavy (non-hydrogen) atoms. The molecule has 1 aromatic carbocycles. The Morgan fingerprint density at radius 1 is 1.35 bits per heavy atom. The second-order valence-electron chi connectivity index (χ2n) is 6.23. The number of hydrogen-bond acceptors (Lipinski definition) is 2. The summed E-state index contributed by atoms with van der Waals surface area (Å²) in [6.07, 6.45) is 3.64. The molecule has 1 saturated carbocycles. The molecule has 3 heteroatoms. The SMILES string of the molecule is CCCNCc1cc(F)ccc1N(CC(C)C)C1CC1. The van der Waals surface area contributed by atoms with Crippen molar-refractivity contribution in [1.82, 2.24) is 5.32 Å². The van der Waals surface area contributed by atoms with Gasteiger partial charge in [-0.1, -0.05) is 20.8 Å². The van der Waals surface area contributed by atoms with E-state index < -0.39 is 0 Å². The largest absolute Gasteiger partial charge is 0.368 e. The lowest BCUT2D eigenvalue weighted by atomic mass is 10.1. The predicted molar refractivity (Wildman–Crippen MR) is 83.6 cm³/mol. The highest BCUT2D eigenvalue weighted by atomic mass is 19.1. The maximum atomic E-state index is 13.6. The van der Waals surface area contributed by atoms with Gasteiger partial charge in [-0.25, -0.2) is 4.39 Å². The van der Waals surface area contributed by atoms with Gasteiger partial charge in [0.1, 0.15) is 5.82 Å². The molecular formula is C17H27FN2. The van der Waals surface area contributed by atoms with Crippen LogP contribution in [-0.2, 0) is 6.54 Å². The van der Waals surface area contributed by atoms with Gasteiger partial charge in [-0.2, -0.15) is 0 Å². The third-order valence-corrected chi connectivity index (χ3v) is 3.64. The van der Waals surface area contributed by atoms with Crippen molar-refractivity contribution in [2.75, 3.05) is 18.0 Å². The average Bonchev–Trinajstić information content (AvgIpc) is 3.21. The maximum Gasteiger partial charge on any atom is 0.123 e. The van der Waals surface area contributed by atoms with Crippen molar-refractivity contribution in [2.24, 2.45) is 5.92 Å². The molecule has 1 fully saturated rings. The normalized spacial score (nSPS) is 14.8. The molecule has 2 nitrogen and oxygen atoms in total. The van der Waals surface area contributed by atoms with Crippen molar-refractivity contribution in [3.63, 3.8) is 0 Å². The molecule has 1 N–H and O–H groups in total. The highest BCUT2D eigenvalue weighted by Gasteiger charge is 2.30. The summed E-state index contributed by atoms with van der Waals surface area (Å²) < 4.78 is 13.6. The van der Waals surface area contributed by atoms with E-state index in [0.717, 1.165) is 31.6 Å². The monoisotopic (exact) mass is 278 g/mol. The van der Waals surface area contributed by atoms with Crippen molar-refractivity contribution in [3.8, 4) is 0 Å². The Balaban J connectivity index is 2.18. The molecule has 112 valence electrons. The summed E-state index contributed by atoms with van der Waals surface area (Å²) in [7, 11) is 0. The van der Waals surface area contributed by atoms with Crippen LogP contribution >= 0.6 is 0 Å². The lowest BCUT2D eigenvalue weighted by Crippen LogP contribution is -2.31. The number of nitrogens with zero attached hydrogens (tertiary/aromatic N) is 1. The van der Waals surface area contributed by atoms with E-state index in [4.69, 9.17) is 0 Å². The lowest BCUT2D eigenvalue weighted by Gasteiger charge is -2.29. The van der Waals surface area contributed by atoms with E-state index in [1.807, 2.05) is 6.07 Å². The number of anilines is 1. The van der Waals surface area contributed by atoms with Crippen molar-refractivity contribution in [1.29, 1.82) is 0 Å². The van der Waals surface area contributed by atoms with Gasteiger partial charge in [-0.05, 0) is 55.5 Å². The van der Waals surface area contributed by atoms with Crippen LogP contribution in [0.4, 0.5) is 10.1 Å². The molecule has 1 aromatic rings. The minimum absolute atomic E-state index is 0.137. The molecule has 0 aliphatic heterocycles. The Morgan fingerprint density at radius 2 is 2.10 bits per heavy atom. The first-order valence-corrected chi connectivity index (χ1v) is 7.87. The molecule has 0 spiro atoms. The van der Waals surface area contributed by atoms with Gasteiger partial charge in [0.2, 0.25) is 0 Å². The fourth-order valence-corrected chi connectivity index (χ4v) is 2.60. The van der Waals surface area contributed by atoms with Crippen LogP contribution in [0.15, 0.2) is 18.2 Å². The minimum Gasteiger partial charge on any atom is -0.368 e. The summed E-state index contributed by atoms with van der Waals surface area (Å²) >= 11 is 0. The van der Waals surface area contributed by atoms with Crippen molar-refractivity contribution < 1.29 is 4.39 Å². The first-order chi connectivity index (χ1) is 9.61. The molecule has 0 unspecified atom stereocenters. The molecule has 0 radical (unpaired) electrons. The molecule has 0 aromatic heterocycles. The topological polar surface area (TPSA) is 15.3 Å². The molecule has 0 heterocycles. The van der Waals surface area contributed by atoms with Crippen LogP contribution in [-0.4, -0.2) is 19.1 Å². The van der Waals surface area contributed by atoms with E-state index >= 15 is 0 Å². The highest BCUT2D eigenvalue weighted by Crippen LogP contribution is 2.34. The molecule has 1 aliphatic carbocycles. The van der Waals surface area contributed by atoms with E-state index in [0.29, 0.717) is 12.0 Å². The zero-order valence-electron chi connectivity index (χ0n) is 13.0. The zero-order valence-corrected chi connectivity index (χ0v) is 13.0. The van der Waals surface area contributed by atoms with Gasteiger partial charge in [-0.3, -0.25) is 0 Å². The van der Waals surface area contributed by atoms with Crippen molar-refractivity contribution in [2.45, 2.75) is 52.6 Å². The maximum absolute atomic E-state index is 13.6. The number of nitrogens with one attached hydrogen (secondary N) is 1. The number of benzene rings is 1. The Hall–Kier alpha value is -1.09. The van der Waals surface area contributed by atoms with Crippen LogP contribution in [0.2, 0.25) is 0 Å². The Labute approximate surface area is 122 Å². The van der Waals surface area contributed by atoms with Gasteiger partial charge in [0.25, 0.3) is 0 Å². The molecule has 0 bridgehead atoms. The zero-order chi connectivity index (χ0) is 14.5. The van der Waals surface area contributed by atoms with E-state index in [1.165, 1.54) is 18.5 Å². The third-order valence-electron chi connectivity index (χ3n) is 3.64. The Kier molecular flexibility index (Phi) is 5.41. The molecule has 0 saturated heterocycles. The number of rotatable bonds is 8. The smallest absolute Gasteiger partial charge is 0.123 e. The summed E-state index contributed by atoms with van der Waals surface area (Å²) in [4.78, 5) is 2.48. The fourth-order valence-electron chi connectivity index (χ4n) is 2.60. The van der Waals surface area contributed by atoms with Gasteiger partial charge in [0.05, 0.1) is 0 Å². The molecule has 0 atom stereocenters. The van der Waals surface area contributed by atoms with Crippen LogP contribution in [0.3, 0.4) is 0 Å². The average molecular weight is 278 g/mol. The van der Waals surface area contributed by atoms with Gasteiger partial charge >= 0.3 is 0 Å². The van der Waals surface area contributed by atoms with Gasteiger partial charge in [-0.15, -0.1) is 0 Å². The first-order valence-electron chi connectivity index (χ1n) is 7.87. The van der Waals surface area contributed by atoms with Crippen molar-refractivity contribution in [3.05, 3.63) is 29.6 Å². The summed E-state index contributed by atoms with van der Waals surface area (Å²) in [6.45, 7) is 9.42. The van der Waals surface area contributed by atoms with Crippen LogP contribution in [0.25, 0.3) is 0 Å². The summed E-state index contributed by atoms with van der Waals surface area (Å²) in [5, 5.41) is 3.39. The van der Waals surface area contributed by atoms with E-state index in [-0.39, 0.29) is 5.82 Å². The van der Waals surface area contributed by atoms with Gasteiger partial charge < -0.3 is 10.2 Å². The van der Waals surface area contributed by atoms with Crippen molar-refractivity contribution >= 4 is 5.69 Å². The highest BCUT2D eigenvalue weighted by molar-refractivity contribution is 5.55. The minimum atomic E-state index is -0.137. The Morgan fingerprint density at radius 3 is 2.70 bits per heavy atom. The number of hydrogen-bond donors (Lipinski definition) is 1. The standard InChI is InChI=1S/C17H27FN2/c1-4-9-19-11-14-10-15(18)5-8-17(14)20(12-13(2)3)16-6-7-16/h5,8,10,13,16,19H,4,6-7,9,11-12H2,1-3H3. The van der Waals surface area contributed by atoms with E-state index in [1.54, 1.807) is 12.1 Å². The molecule has 2 rings (SSSR count). The van der Waals surface area contributed by atoms with Crippen LogP contribution < -0.4 is 10.2 Å². The molecular weight excluding hydrogens is 251 g/mol. The first kappa shape index (κ1) is 15.3. The van der Waals surface area contributed by atoms with E-state index in [9.17, 15) is 4.39 Å². The second-order valence-corrected chi connectivity index (χ2v) is 6.23. The second kappa shape index (κ2) is 7.07. The summed E-state index contributed by atoms with van der Waals surface area (Å²) in [6, 6.07) is 5.90. The quantitative estimate of drug-likeness (QED) is 0.724. The van der Waals surface area contributed by atoms with Crippen LogP contribution in [0.5, 0.6) is 0 Å².